The van der Waals surface area contributed by atoms with Crippen molar-refractivity contribution < 1.29 is 9.31 Å². The van der Waals surface area contributed by atoms with Crippen LogP contribution in [-0.4, -0.2) is 23.3 Å². The second kappa shape index (κ2) is 4.22. The summed E-state index contributed by atoms with van der Waals surface area (Å²) in [4.78, 5) is 14.6. The Balaban J connectivity index is 2.44. The van der Waals surface area contributed by atoms with Gasteiger partial charge in [-0.05, 0) is 39.3 Å². The molecule has 1 aliphatic heterocycles. The van der Waals surface area contributed by atoms with E-state index in [1.807, 2.05) is 27.7 Å². The first-order valence-electron chi connectivity index (χ1n) is 6.04. The second-order valence-electron chi connectivity index (χ2n) is 5.54. The molecular formula is C12H19BN2O3. The van der Waals surface area contributed by atoms with Gasteiger partial charge in [-0.3, -0.25) is 4.79 Å². The van der Waals surface area contributed by atoms with Gasteiger partial charge in [-0.2, -0.15) is 0 Å². The van der Waals surface area contributed by atoms with Gasteiger partial charge in [0.05, 0.1) is 16.7 Å². The Labute approximate surface area is 107 Å². The number of nitrogens with two attached hydrogens (primary N) is 1. The summed E-state index contributed by atoms with van der Waals surface area (Å²) in [5.74, 6) is 0. The summed E-state index contributed by atoms with van der Waals surface area (Å²) in [7, 11) is -0.668. The Hall–Kier alpha value is -1.11. The second-order valence-corrected chi connectivity index (χ2v) is 5.54. The van der Waals surface area contributed by atoms with Crippen molar-refractivity contribution in [2.45, 2.75) is 45.4 Å². The van der Waals surface area contributed by atoms with Crippen molar-refractivity contribution in [2.75, 3.05) is 0 Å². The summed E-state index contributed by atoms with van der Waals surface area (Å²) in [5, 5.41) is 0. The van der Waals surface area contributed by atoms with Crippen molar-refractivity contribution in [3.8, 4) is 0 Å². The number of aromatic nitrogens is 1. The van der Waals surface area contributed by atoms with Gasteiger partial charge in [0.15, 0.2) is 0 Å². The molecule has 0 bridgehead atoms. The van der Waals surface area contributed by atoms with Crippen LogP contribution in [0.3, 0.4) is 0 Å². The van der Waals surface area contributed by atoms with E-state index >= 15 is 0 Å². The minimum atomic E-state index is -0.668. The topological polar surface area (TPSA) is 77.3 Å². The zero-order valence-corrected chi connectivity index (χ0v) is 11.2. The maximum atomic E-state index is 11.9. The van der Waals surface area contributed by atoms with Gasteiger partial charge in [-0.15, -0.1) is 0 Å². The quantitative estimate of drug-likeness (QED) is 0.731. The summed E-state index contributed by atoms with van der Waals surface area (Å²) >= 11 is 0. The Morgan fingerprint density at radius 2 is 1.83 bits per heavy atom. The summed E-state index contributed by atoms with van der Waals surface area (Å²) in [6, 6.07) is 1.78. The molecule has 6 heteroatoms. The first kappa shape index (κ1) is 13.3. The highest BCUT2D eigenvalue weighted by atomic mass is 16.7. The van der Waals surface area contributed by atoms with E-state index in [4.69, 9.17) is 15.0 Å². The van der Waals surface area contributed by atoms with Crippen LogP contribution in [0.25, 0.3) is 0 Å². The molecule has 2 rings (SSSR count). The molecule has 0 unspecified atom stereocenters. The highest BCUT2D eigenvalue weighted by Gasteiger charge is 2.52. The third-order valence-corrected chi connectivity index (χ3v) is 3.80. The Kier molecular flexibility index (Phi) is 3.13. The minimum Gasteiger partial charge on any atom is -0.399 e. The van der Waals surface area contributed by atoms with E-state index in [1.54, 1.807) is 12.3 Å². The highest BCUT2D eigenvalue weighted by molar-refractivity contribution is 6.62. The average Bonchev–Trinajstić information content (AvgIpc) is 2.47. The lowest BCUT2D eigenvalue weighted by Gasteiger charge is -2.32. The van der Waals surface area contributed by atoms with Crippen molar-refractivity contribution in [3.63, 3.8) is 0 Å². The molecule has 1 aromatic rings. The molecule has 1 saturated heterocycles. The molecule has 0 aliphatic carbocycles. The van der Waals surface area contributed by atoms with E-state index in [0.29, 0.717) is 5.46 Å². The van der Waals surface area contributed by atoms with Gasteiger partial charge < -0.3 is 20.0 Å². The van der Waals surface area contributed by atoms with Crippen LogP contribution in [0.1, 0.15) is 33.3 Å². The maximum Gasteiger partial charge on any atom is 0.500 e. The number of rotatable bonds is 2. The molecule has 98 valence electrons. The molecule has 0 amide bonds. The van der Waals surface area contributed by atoms with Crippen LogP contribution >= 0.6 is 0 Å². The predicted molar refractivity (Wildman–Crippen MR) is 70.7 cm³/mol. The number of pyridine rings is 1. The molecule has 0 aromatic carbocycles. The van der Waals surface area contributed by atoms with Crippen LogP contribution in [0.5, 0.6) is 0 Å². The number of H-pyrrole nitrogens is 1. The number of nitrogens with one attached hydrogen (secondary N) is 1. The van der Waals surface area contributed by atoms with E-state index in [-0.39, 0.29) is 12.1 Å². The standard InChI is InChI=1S/C12H19BN2O3/c1-11(2)12(3,4)18-13(17-11)9-8(7-14)5-6-15-10(9)16/h5-6H,7,14H2,1-4H3,(H,15,16). The zero-order chi connectivity index (χ0) is 13.6. The van der Waals surface area contributed by atoms with Crippen molar-refractivity contribution in [1.82, 2.24) is 4.98 Å². The van der Waals surface area contributed by atoms with E-state index in [0.717, 1.165) is 5.56 Å². The summed E-state index contributed by atoms with van der Waals surface area (Å²) in [5.41, 5.74) is 5.73. The van der Waals surface area contributed by atoms with Gasteiger partial charge in [0, 0.05) is 12.7 Å². The predicted octanol–water partition coefficient (Wildman–Crippen LogP) is 0.133. The fourth-order valence-corrected chi connectivity index (χ4v) is 1.93. The molecule has 3 N–H and O–H groups in total. The smallest absolute Gasteiger partial charge is 0.399 e. The van der Waals surface area contributed by atoms with Crippen molar-refractivity contribution in [3.05, 3.63) is 28.2 Å². The fourth-order valence-electron chi connectivity index (χ4n) is 1.93. The largest absolute Gasteiger partial charge is 0.500 e. The van der Waals surface area contributed by atoms with E-state index in [9.17, 15) is 4.79 Å². The molecule has 1 aromatic heterocycles. The van der Waals surface area contributed by atoms with E-state index in [1.165, 1.54) is 0 Å². The van der Waals surface area contributed by atoms with Gasteiger partial charge in [-0.25, -0.2) is 0 Å². The van der Waals surface area contributed by atoms with Crippen LogP contribution in [0.4, 0.5) is 0 Å². The van der Waals surface area contributed by atoms with Crippen LogP contribution < -0.4 is 16.8 Å². The van der Waals surface area contributed by atoms with Gasteiger partial charge >= 0.3 is 7.12 Å². The van der Waals surface area contributed by atoms with Crippen molar-refractivity contribution in [2.24, 2.45) is 5.73 Å². The van der Waals surface area contributed by atoms with E-state index < -0.39 is 18.3 Å². The maximum absolute atomic E-state index is 11.9. The molecule has 1 aliphatic rings. The van der Waals surface area contributed by atoms with Crippen LogP contribution in [-0.2, 0) is 15.9 Å². The highest BCUT2D eigenvalue weighted by Crippen LogP contribution is 2.36. The molecule has 18 heavy (non-hydrogen) atoms. The van der Waals surface area contributed by atoms with Gasteiger partial charge in [-0.1, -0.05) is 0 Å². The molecular weight excluding hydrogens is 231 g/mol. The lowest BCUT2D eigenvalue weighted by atomic mass is 9.77. The number of hydrogen-bond donors (Lipinski definition) is 2. The van der Waals surface area contributed by atoms with Gasteiger partial charge in [0.2, 0.25) is 5.56 Å². The number of aromatic amines is 1. The monoisotopic (exact) mass is 250 g/mol. The SMILES string of the molecule is CC1(C)OB(c2c(CN)cc[nH]c2=O)OC1(C)C. The molecule has 1 fully saturated rings. The summed E-state index contributed by atoms with van der Waals surface area (Å²) < 4.78 is 11.8. The molecule has 5 nitrogen and oxygen atoms in total. The van der Waals surface area contributed by atoms with Crippen molar-refractivity contribution >= 4 is 12.6 Å². The Bertz CT molecular complexity index is 494. The summed E-state index contributed by atoms with van der Waals surface area (Å²) in [6.07, 6.45) is 1.58. The average molecular weight is 250 g/mol. The van der Waals surface area contributed by atoms with E-state index in [2.05, 4.69) is 4.98 Å². The minimum absolute atomic E-state index is 0.212. The first-order valence-corrected chi connectivity index (χ1v) is 6.04. The lowest BCUT2D eigenvalue weighted by molar-refractivity contribution is 0.00578. The molecule has 2 heterocycles. The Morgan fingerprint density at radius 3 is 2.33 bits per heavy atom. The van der Waals surface area contributed by atoms with Crippen LogP contribution in [0.2, 0.25) is 0 Å². The normalized spacial score (nSPS) is 21.3. The molecule has 0 radical (unpaired) electrons. The van der Waals surface area contributed by atoms with Gasteiger partial charge in [0.1, 0.15) is 0 Å². The first-order chi connectivity index (χ1) is 8.28. The molecule has 0 saturated carbocycles. The lowest BCUT2D eigenvalue weighted by Crippen LogP contribution is -2.47. The van der Waals surface area contributed by atoms with Gasteiger partial charge in [0.25, 0.3) is 0 Å². The molecule has 0 spiro atoms. The summed E-state index contributed by atoms with van der Waals surface area (Å²) in [6.45, 7) is 8.08. The fraction of sp³-hybridized carbons (Fsp3) is 0.583. The number of hydrogen-bond acceptors (Lipinski definition) is 4. The van der Waals surface area contributed by atoms with Crippen molar-refractivity contribution in [1.29, 1.82) is 0 Å². The Morgan fingerprint density at radius 1 is 1.28 bits per heavy atom. The third kappa shape index (κ3) is 2.00. The van der Waals surface area contributed by atoms with Crippen LogP contribution in [0, 0.1) is 0 Å². The van der Waals surface area contributed by atoms with Crippen LogP contribution in [0.15, 0.2) is 17.1 Å². The molecule has 0 atom stereocenters. The zero-order valence-electron chi connectivity index (χ0n) is 11.2. The third-order valence-electron chi connectivity index (χ3n) is 3.80.